The molecule has 0 saturated heterocycles. The van der Waals surface area contributed by atoms with Crippen molar-refractivity contribution in [3.8, 4) is 29.6 Å². The van der Waals surface area contributed by atoms with E-state index in [9.17, 15) is 5.26 Å². The summed E-state index contributed by atoms with van der Waals surface area (Å²) in [5.41, 5.74) is 2.68. The summed E-state index contributed by atoms with van der Waals surface area (Å²) in [4.78, 5) is 9.10. The highest BCUT2D eigenvalue weighted by Gasteiger charge is 2.85. The van der Waals surface area contributed by atoms with E-state index < -0.39 is 0 Å². The first-order chi connectivity index (χ1) is 14.9. The monoisotopic (exact) mass is 413 g/mol. The maximum Gasteiger partial charge on any atom is 0.247 e. The zero-order chi connectivity index (χ0) is 21.8. The molecular weight excluding hydrogens is 394 g/mol. The van der Waals surface area contributed by atoms with Crippen LogP contribution >= 0.6 is 0 Å². The lowest BCUT2D eigenvalue weighted by Gasteiger charge is -2.14. The summed E-state index contributed by atoms with van der Waals surface area (Å²) in [6, 6.07) is 8.25. The molecule has 0 aliphatic heterocycles. The van der Waals surface area contributed by atoms with Gasteiger partial charge in [-0.1, -0.05) is 0 Å². The van der Waals surface area contributed by atoms with Crippen molar-refractivity contribution < 1.29 is 9.47 Å². The van der Waals surface area contributed by atoms with Crippen LogP contribution in [0, 0.1) is 41.9 Å². The van der Waals surface area contributed by atoms with Crippen LogP contribution < -0.4 is 14.8 Å². The fourth-order valence-corrected chi connectivity index (χ4v) is 4.12. The average molecular weight is 413 g/mol. The Morgan fingerprint density at radius 3 is 2.52 bits per heavy atom. The minimum atomic E-state index is -0.280. The number of nitriles is 2. The smallest absolute Gasteiger partial charge is 0.247 e. The highest BCUT2D eigenvalue weighted by Crippen LogP contribution is 2.79. The van der Waals surface area contributed by atoms with Gasteiger partial charge in [-0.15, -0.1) is 5.10 Å². The Labute approximate surface area is 178 Å². The van der Waals surface area contributed by atoms with Gasteiger partial charge in [0.25, 0.3) is 0 Å². The second-order valence-electron chi connectivity index (χ2n) is 8.11. The number of methoxy groups -OCH3 is 1. The van der Waals surface area contributed by atoms with Crippen LogP contribution in [0.15, 0.2) is 18.2 Å². The maximum atomic E-state index is 9.33. The molecule has 2 aliphatic carbocycles. The van der Waals surface area contributed by atoms with Gasteiger partial charge in [0.1, 0.15) is 11.1 Å². The molecule has 2 fully saturated rings. The van der Waals surface area contributed by atoms with Gasteiger partial charge in [0.15, 0.2) is 5.65 Å². The number of benzene rings is 1. The van der Waals surface area contributed by atoms with Gasteiger partial charge < -0.3 is 14.8 Å². The molecule has 2 heterocycles. The molecule has 0 spiro atoms. The number of nitrogens with one attached hydrogen (secondary N) is 2. The van der Waals surface area contributed by atoms with Crippen LogP contribution in [0.1, 0.15) is 29.5 Å². The summed E-state index contributed by atoms with van der Waals surface area (Å²) in [6.45, 7) is 3.87. The molecule has 0 unspecified atom stereocenters. The van der Waals surface area contributed by atoms with Gasteiger partial charge in [-0.3, -0.25) is 5.10 Å². The number of hydrogen-bond donors (Lipinski definition) is 2. The first-order valence-corrected chi connectivity index (χ1v) is 9.79. The first kappa shape index (κ1) is 18.9. The number of hydrogen-bond acceptors (Lipinski definition) is 8. The maximum absolute atomic E-state index is 9.33. The van der Waals surface area contributed by atoms with E-state index in [2.05, 4.69) is 31.6 Å². The third kappa shape index (κ3) is 2.86. The molecule has 9 nitrogen and oxygen atoms in total. The first-order valence-electron chi connectivity index (χ1n) is 9.79. The van der Waals surface area contributed by atoms with Crippen molar-refractivity contribution >= 4 is 23.1 Å². The number of nitrogens with zero attached hydrogens (tertiary/aromatic N) is 5. The predicted molar refractivity (Wildman–Crippen MR) is 113 cm³/mol. The fourth-order valence-electron chi connectivity index (χ4n) is 4.12. The Morgan fingerprint density at radius 1 is 1.16 bits per heavy atom. The van der Waals surface area contributed by atoms with Crippen LogP contribution in [0.5, 0.6) is 17.5 Å². The van der Waals surface area contributed by atoms with E-state index in [1.165, 1.54) is 13.2 Å². The molecule has 154 valence electrons. The van der Waals surface area contributed by atoms with Crippen LogP contribution in [0.4, 0.5) is 5.95 Å². The lowest BCUT2D eigenvalue weighted by molar-refractivity contribution is 0.398. The minimum absolute atomic E-state index is 0.225. The number of ether oxygens (including phenoxy) is 2. The molecule has 31 heavy (non-hydrogen) atoms. The average Bonchev–Trinajstić information content (AvgIpc) is 3.47. The SMILES string of the molecule is COc1n[nH]c2nc(NC34CC3(C#N)C4)nc(Oc3c(C)cc(/C=C/C#N)cc3C)c12. The Morgan fingerprint density at radius 2 is 1.90 bits per heavy atom. The molecule has 2 aliphatic rings. The molecule has 9 heteroatoms. The Balaban J connectivity index is 1.55. The van der Waals surface area contributed by atoms with E-state index in [0.717, 1.165) is 29.5 Å². The van der Waals surface area contributed by atoms with Crippen molar-refractivity contribution in [1.82, 2.24) is 20.2 Å². The topological polar surface area (TPSA) is 133 Å². The second-order valence-corrected chi connectivity index (χ2v) is 8.11. The van der Waals surface area contributed by atoms with Crippen LogP contribution in [0.25, 0.3) is 17.1 Å². The summed E-state index contributed by atoms with van der Waals surface area (Å²) in [5, 5.41) is 29.0. The van der Waals surface area contributed by atoms with Crippen molar-refractivity contribution in [2.75, 3.05) is 12.4 Å². The quantitative estimate of drug-likeness (QED) is 0.584. The Bertz CT molecular complexity index is 1310. The second kappa shape index (κ2) is 6.44. The van der Waals surface area contributed by atoms with E-state index in [0.29, 0.717) is 34.5 Å². The molecule has 2 aromatic heterocycles. The van der Waals surface area contributed by atoms with Crippen LogP contribution in [-0.4, -0.2) is 32.8 Å². The molecule has 0 atom stereocenters. The van der Waals surface area contributed by atoms with E-state index in [1.54, 1.807) is 6.08 Å². The number of aryl methyl sites for hydroxylation is 2. The summed E-state index contributed by atoms with van der Waals surface area (Å²) in [6.07, 6.45) is 4.79. The lowest BCUT2D eigenvalue weighted by Crippen LogP contribution is -2.13. The van der Waals surface area contributed by atoms with Crippen LogP contribution in [0.2, 0.25) is 0 Å². The van der Waals surface area contributed by atoms with Gasteiger partial charge in [-0.2, -0.15) is 20.5 Å². The Kier molecular flexibility index (Phi) is 3.93. The van der Waals surface area contributed by atoms with E-state index in [4.69, 9.17) is 14.7 Å². The van der Waals surface area contributed by atoms with Gasteiger partial charge in [-0.05, 0) is 61.6 Å². The standard InChI is InChI=1S/C22H19N7O2/c1-12-7-14(5-4-6-23)8-13(2)16(12)31-18-15-17(28-29-19(15)30-3)25-20(26-18)27-22-9-21(22,10-22)11-24/h4-5,7-8H,9-10H2,1-3H3,(H2,25,26,27,28,29)/b5-4+. The number of aromatic nitrogens is 4. The van der Waals surface area contributed by atoms with Crippen LogP contribution in [-0.2, 0) is 0 Å². The molecule has 0 bridgehead atoms. The normalized spacial score (nSPS) is 23.1. The molecule has 2 saturated carbocycles. The largest absolute Gasteiger partial charge is 0.479 e. The number of fused-ring (bicyclic) bond motifs is 2. The number of aromatic amines is 1. The van der Waals surface area contributed by atoms with E-state index in [1.807, 2.05) is 32.0 Å². The third-order valence-electron chi connectivity index (χ3n) is 6.02. The number of H-pyrrole nitrogens is 1. The summed E-state index contributed by atoms with van der Waals surface area (Å²) in [7, 11) is 1.52. The molecule has 1 aromatic carbocycles. The number of allylic oxidation sites excluding steroid dienone is 1. The summed E-state index contributed by atoms with van der Waals surface area (Å²) < 4.78 is 11.6. The highest BCUT2D eigenvalue weighted by molar-refractivity contribution is 5.87. The third-order valence-corrected chi connectivity index (χ3v) is 6.02. The fraction of sp³-hybridized carbons (Fsp3) is 0.318. The van der Waals surface area contributed by atoms with Crippen molar-refractivity contribution in [2.45, 2.75) is 32.2 Å². The van der Waals surface area contributed by atoms with Crippen LogP contribution in [0.3, 0.4) is 0 Å². The molecule has 0 radical (unpaired) electrons. The van der Waals surface area contributed by atoms with E-state index >= 15 is 0 Å². The molecular formula is C22H19N7O2. The van der Waals surface area contributed by atoms with Gasteiger partial charge in [-0.25, -0.2) is 0 Å². The summed E-state index contributed by atoms with van der Waals surface area (Å²) >= 11 is 0. The molecule has 0 amide bonds. The Hall–Kier alpha value is -4.11. The number of anilines is 1. The van der Waals surface area contributed by atoms with Crippen molar-refractivity contribution in [1.29, 1.82) is 10.5 Å². The number of rotatable bonds is 6. The van der Waals surface area contributed by atoms with Gasteiger partial charge >= 0.3 is 0 Å². The minimum Gasteiger partial charge on any atom is -0.479 e. The zero-order valence-electron chi connectivity index (χ0n) is 17.3. The van der Waals surface area contributed by atoms with Crippen molar-refractivity contribution in [3.63, 3.8) is 0 Å². The molecule has 2 N–H and O–H groups in total. The zero-order valence-corrected chi connectivity index (χ0v) is 17.3. The van der Waals surface area contributed by atoms with Crippen molar-refractivity contribution in [3.05, 3.63) is 34.9 Å². The van der Waals surface area contributed by atoms with Crippen molar-refractivity contribution in [2.24, 2.45) is 5.41 Å². The highest BCUT2D eigenvalue weighted by atomic mass is 16.5. The molecule has 5 rings (SSSR count). The summed E-state index contributed by atoms with van der Waals surface area (Å²) in [5.74, 6) is 1.69. The van der Waals surface area contributed by atoms with E-state index in [-0.39, 0.29) is 11.0 Å². The predicted octanol–water partition coefficient (Wildman–Crippen LogP) is 3.78. The van der Waals surface area contributed by atoms with Gasteiger partial charge in [0, 0.05) is 6.08 Å². The molecule has 3 aromatic rings. The van der Waals surface area contributed by atoms with Gasteiger partial charge in [0.05, 0.1) is 30.2 Å². The van der Waals surface area contributed by atoms with Gasteiger partial charge in [0.2, 0.25) is 17.7 Å². The lowest BCUT2D eigenvalue weighted by atomic mass is 10.1.